The SMILES string of the molecule is CCS[C@H]1O[C@H](CO)[C@@H](O)[C@H](O)[C@H]1NC(=O)OCC(Cl)(Cl)Cl. The molecule has 0 spiro atoms. The fourth-order valence-electron chi connectivity index (χ4n) is 1.87. The van der Waals surface area contributed by atoms with Crippen molar-refractivity contribution in [1.82, 2.24) is 5.32 Å². The third kappa shape index (κ3) is 6.09. The van der Waals surface area contributed by atoms with Gasteiger partial charge in [0.2, 0.25) is 3.79 Å². The van der Waals surface area contributed by atoms with E-state index in [0.717, 1.165) is 0 Å². The molecule has 1 aliphatic rings. The van der Waals surface area contributed by atoms with Gasteiger partial charge in [0, 0.05) is 0 Å². The van der Waals surface area contributed by atoms with E-state index in [1.165, 1.54) is 11.8 Å². The van der Waals surface area contributed by atoms with Gasteiger partial charge in [-0.15, -0.1) is 11.8 Å². The summed E-state index contributed by atoms with van der Waals surface area (Å²) >= 11 is 17.7. The normalized spacial score (nSPS) is 32.6. The molecule has 11 heteroatoms. The molecule has 0 saturated carbocycles. The highest BCUT2D eigenvalue weighted by Crippen LogP contribution is 2.29. The molecule has 1 fully saturated rings. The number of rotatable bonds is 5. The Morgan fingerprint density at radius 3 is 2.50 bits per heavy atom. The van der Waals surface area contributed by atoms with Crippen molar-refractivity contribution in [1.29, 1.82) is 0 Å². The van der Waals surface area contributed by atoms with Crippen LogP contribution in [0.15, 0.2) is 0 Å². The number of thioether (sulfide) groups is 1. The van der Waals surface area contributed by atoms with Gasteiger partial charge in [-0.3, -0.25) is 0 Å². The second kappa shape index (κ2) is 8.98. The first kappa shape index (κ1) is 20.4. The molecule has 1 aliphatic heterocycles. The third-order valence-electron chi connectivity index (χ3n) is 2.86. The number of aliphatic hydroxyl groups excluding tert-OH is 3. The molecule has 22 heavy (non-hydrogen) atoms. The minimum absolute atomic E-state index is 0.455. The van der Waals surface area contributed by atoms with Gasteiger partial charge in [-0.2, -0.15) is 0 Å². The molecule has 1 amide bonds. The largest absolute Gasteiger partial charge is 0.445 e. The van der Waals surface area contributed by atoms with Crippen LogP contribution in [0.1, 0.15) is 6.92 Å². The van der Waals surface area contributed by atoms with Gasteiger partial charge in [0.15, 0.2) is 0 Å². The number of amides is 1. The van der Waals surface area contributed by atoms with Gasteiger partial charge in [-0.25, -0.2) is 4.79 Å². The van der Waals surface area contributed by atoms with E-state index in [1.54, 1.807) is 0 Å². The molecule has 0 aromatic heterocycles. The quantitative estimate of drug-likeness (QED) is 0.503. The summed E-state index contributed by atoms with van der Waals surface area (Å²) in [5.74, 6) is 0.632. The number of alkyl halides is 3. The number of ether oxygens (including phenoxy) is 2. The molecule has 130 valence electrons. The van der Waals surface area contributed by atoms with Crippen molar-refractivity contribution < 1.29 is 29.6 Å². The van der Waals surface area contributed by atoms with Crippen LogP contribution < -0.4 is 5.32 Å². The van der Waals surface area contributed by atoms with Crippen LogP contribution >= 0.6 is 46.6 Å². The van der Waals surface area contributed by atoms with Crippen molar-refractivity contribution in [3.05, 3.63) is 0 Å². The number of nitrogens with one attached hydrogen (secondary N) is 1. The first-order valence-corrected chi connectivity index (χ1v) is 8.62. The zero-order chi connectivity index (χ0) is 16.9. The number of hydrogen-bond acceptors (Lipinski definition) is 7. The summed E-state index contributed by atoms with van der Waals surface area (Å²) in [5, 5.41) is 31.5. The molecule has 1 saturated heterocycles. The summed E-state index contributed by atoms with van der Waals surface area (Å²) in [6.45, 7) is 0.932. The van der Waals surface area contributed by atoms with E-state index < -0.39 is 52.9 Å². The average molecular weight is 399 g/mol. The summed E-state index contributed by atoms with van der Waals surface area (Å²) < 4.78 is 8.44. The maximum absolute atomic E-state index is 11.7. The highest BCUT2D eigenvalue weighted by molar-refractivity contribution is 7.99. The Balaban J connectivity index is 2.69. The van der Waals surface area contributed by atoms with Gasteiger partial charge in [-0.05, 0) is 5.75 Å². The molecule has 0 bridgehead atoms. The van der Waals surface area contributed by atoms with Crippen LogP contribution in [0.2, 0.25) is 0 Å². The molecule has 0 radical (unpaired) electrons. The highest BCUT2D eigenvalue weighted by atomic mass is 35.6. The summed E-state index contributed by atoms with van der Waals surface area (Å²) in [6.07, 6.45) is -4.54. The van der Waals surface area contributed by atoms with Crippen molar-refractivity contribution >= 4 is 52.7 Å². The maximum atomic E-state index is 11.7. The lowest BCUT2D eigenvalue weighted by Crippen LogP contribution is -2.63. The van der Waals surface area contributed by atoms with Crippen molar-refractivity contribution in [2.45, 2.75) is 40.5 Å². The van der Waals surface area contributed by atoms with Gasteiger partial charge in [0.1, 0.15) is 30.4 Å². The maximum Gasteiger partial charge on any atom is 0.407 e. The second-order valence-corrected chi connectivity index (χ2v) is 8.41. The molecular formula is C11H18Cl3NO6S. The Morgan fingerprint density at radius 2 is 2.00 bits per heavy atom. The summed E-state index contributed by atoms with van der Waals surface area (Å²) in [6, 6.07) is -0.939. The molecule has 7 nitrogen and oxygen atoms in total. The number of halogens is 3. The molecule has 0 aromatic carbocycles. The van der Waals surface area contributed by atoms with Crippen LogP contribution in [0, 0.1) is 0 Å². The lowest BCUT2D eigenvalue weighted by Gasteiger charge is -2.42. The Kier molecular flexibility index (Phi) is 8.32. The van der Waals surface area contributed by atoms with Crippen molar-refractivity contribution in [2.75, 3.05) is 19.0 Å². The zero-order valence-corrected chi connectivity index (χ0v) is 14.7. The molecular weight excluding hydrogens is 381 g/mol. The van der Waals surface area contributed by atoms with Crippen LogP contribution in [-0.2, 0) is 9.47 Å². The van der Waals surface area contributed by atoms with Gasteiger partial charge < -0.3 is 30.1 Å². The minimum atomic E-state index is -1.75. The first-order chi connectivity index (χ1) is 10.2. The smallest absolute Gasteiger partial charge is 0.407 e. The number of carbonyl (C=O) groups is 1. The molecule has 0 unspecified atom stereocenters. The lowest BCUT2D eigenvalue weighted by molar-refractivity contribution is -0.170. The fourth-order valence-corrected chi connectivity index (χ4v) is 3.02. The number of carbonyl (C=O) groups excluding carboxylic acids is 1. The Labute approximate surface area is 147 Å². The van der Waals surface area contributed by atoms with E-state index in [1.807, 2.05) is 6.92 Å². The average Bonchev–Trinajstić information content (AvgIpc) is 2.44. The van der Waals surface area contributed by atoms with E-state index >= 15 is 0 Å². The summed E-state index contributed by atoms with van der Waals surface area (Å²) in [7, 11) is 0. The molecule has 5 atom stereocenters. The van der Waals surface area contributed by atoms with Gasteiger partial charge >= 0.3 is 6.09 Å². The van der Waals surface area contributed by atoms with Crippen LogP contribution in [0.3, 0.4) is 0 Å². The summed E-state index contributed by atoms with van der Waals surface area (Å²) in [4.78, 5) is 11.7. The molecule has 1 heterocycles. The molecule has 4 N–H and O–H groups in total. The Morgan fingerprint density at radius 1 is 1.36 bits per heavy atom. The van der Waals surface area contributed by atoms with E-state index in [0.29, 0.717) is 5.75 Å². The van der Waals surface area contributed by atoms with Crippen LogP contribution in [-0.4, -0.2) is 74.0 Å². The van der Waals surface area contributed by atoms with Crippen molar-refractivity contribution in [3.63, 3.8) is 0 Å². The van der Waals surface area contributed by atoms with Crippen LogP contribution in [0.4, 0.5) is 4.79 Å². The van der Waals surface area contributed by atoms with Gasteiger partial charge in [-0.1, -0.05) is 41.7 Å². The number of alkyl carbamates (subject to hydrolysis) is 1. The van der Waals surface area contributed by atoms with Crippen molar-refractivity contribution in [2.24, 2.45) is 0 Å². The van der Waals surface area contributed by atoms with E-state index in [2.05, 4.69) is 5.32 Å². The monoisotopic (exact) mass is 397 g/mol. The van der Waals surface area contributed by atoms with Crippen LogP contribution in [0.25, 0.3) is 0 Å². The van der Waals surface area contributed by atoms with Crippen molar-refractivity contribution in [3.8, 4) is 0 Å². The zero-order valence-electron chi connectivity index (χ0n) is 11.6. The second-order valence-electron chi connectivity index (χ2n) is 4.52. The van der Waals surface area contributed by atoms with Gasteiger partial charge in [0.05, 0.1) is 12.6 Å². The third-order valence-corrected chi connectivity index (χ3v) is 4.26. The Bertz CT molecular complexity index is 372. The fraction of sp³-hybridized carbons (Fsp3) is 0.909. The summed E-state index contributed by atoms with van der Waals surface area (Å²) in [5.41, 5.74) is -0.666. The van der Waals surface area contributed by atoms with E-state index in [9.17, 15) is 15.0 Å². The minimum Gasteiger partial charge on any atom is -0.445 e. The standard InChI is InChI=1S/C11H18Cl3NO6S/c1-2-22-9-6(8(18)7(17)5(3-16)21-9)15-10(19)20-4-11(12,13)14/h5-9,16-18H,2-4H2,1H3,(H,15,19)/t5-,6-,7-,8-,9-/m1/s1. The number of aliphatic hydroxyl groups is 3. The first-order valence-electron chi connectivity index (χ1n) is 6.43. The molecule has 1 rings (SSSR count). The Hall–Kier alpha value is 0.330. The number of hydrogen-bond donors (Lipinski definition) is 4. The lowest BCUT2D eigenvalue weighted by atomic mass is 9.98. The van der Waals surface area contributed by atoms with Crippen LogP contribution in [0.5, 0.6) is 0 Å². The predicted molar refractivity (Wildman–Crippen MR) is 84.5 cm³/mol. The van der Waals surface area contributed by atoms with E-state index in [-0.39, 0.29) is 0 Å². The molecule has 0 aromatic rings. The van der Waals surface area contributed by atoms with E-state index in [4.69, 9.17) is 49.4 Å². The topological polar surface area (TPSA) is 108 Å². The molecule has 0 aliphatic carbocycles. The highest BCUT2D eigenvalue weighted by Gasteiger charge is 2.45. The predicted octanol–water partition coefficient (Wildman–Crippen LogP) is 0.643. The van der Waals surface area contributed by atoms with Gasteiger partial charge in [0.25, 0.3) is 0 Å².